The van der Waals surface area contributed by atoms with Crippen LogP contribution in [0.4, 0.5) is 13.2 Å². The second-order valence-electron chi connectivity index (χ2n) is 6.26. The van der Waals surface area contributed by atoms with Crippen molar-refractivity contribution in [3.05, 3.63) is 59.2 Å². The van der Waals surface area contributed by atoms with Gasteiger partial charge in [-0.3, -0.25) is 4.79 Å². The van der Waals surface area contributed by atoms with Crippen molar-refractivity contribution >= 4 is 5.91 Å². The molecule has 5 nitrogen and oxygen atoms in total. The van der Waals surface area contributed by atoms with Crippen LogP contribution in [0.1, 0.15) is 16.7 Å². The van der Waals surface area contributed by atoms with Crippen molar-refractivity contribution in [3.63, 3.8) is 0 Å². The van der Waals surface area contributed by atoms with Gasteiger partial charge in [0.2, 0.25) is 0 Å². The maximum absolute atomic E-state index is 12.6. The Morgan fingerprint density at radius 1 is 1.11 bits per heavy atom. The van der Waals surface area contributed by atoms with Gasteiger partial charge in [0.15, 0.2) is 6.10 Å². The monoisotopic (exact) mass is 381 g/mol. The Bertz CT molecular complexity index is 821. The zero-order chi connectivity index (χ0) is 19.6. The van der Waals surface area contributed by atoms with Crippen LogP contribution in [-0.4, -0.2) is 40.3 Å². The van der Waals surface area contributed by atoms with Crippen molar-refractivity contribution in [2.75, 3.05) is 13.2 Å². The number of aliphatic hydroxyl groups excluding tert-OH is 2. The summed E-state index contributed by atoms with van der Waals surface area (Å²) in [5.74, 6) is 0.158. The summed E-state index contributed by atoms with van der Waals surface area (Å²) < 4.78 is 43.5. The molecule has 1 unspecified atom stereocenters. The lowest BCUT2D eigenvalue weighted by atomic mass is 9.99. The van der Waals surface area contributed by atoms with Crippen molar-refractivity contribution in [1.82, 2.24) is 4.90 Å². The highest BCUT2D eigenvalue weighted by Crippen LogP contribution is 2.32. The van der Waals surface area contributed by atoms with Gasteiger partial charge >= 0.3 is 6.18 Å². The Kier molecular flexibility index (Phi) is 5.38. The van der Waals surface area contributed by atoms with E-state index in [1.165, 1.54) is 17.0 Å². The van der Waals surface area contributed by atoms with Crippen molar-refractivity contribution in [3.8, 4) is 11.5 Å². The zero-order valence-corrected chi connectivity index (χ0v) is 14.2. The molecule has 0 aliphatic carbocycles. The van der Waals surface area contributed by atoms with E-state index in [1.807, 2.05) is 6.07 Å². The summed E-state index contributed by atoms with van der Waals surface area (Å²) in [5.41, 5.74) is 1.10. The van der Waals surface area contributed by atoms with E-state index in [9.17, 15) is 23.1 Å². The van der Waals surface area contributed by atoms with Gasteiger partial charge in [0.1, 0.15) is 11.5 Å². The van der Waals surface area contributed by atoms with Gasteiger partial charge in [-0.1, -0.05) is 6.07 Å². The first kappa shape index (κ1) is 19.2. The summed E-state index contributed by atoms with van der Waals surface area (Å²) in [6.07, 6.45) is -5.25. The van der Waals surface area contributed by atoms with Crippen LogP contribution in [0.2, 0.25) is 0 Å². The van der Waals surface area contributed by atoms with Crippen LogP contribution in [0.15, 0.2) is 42.5 Å². The molecule has 0 fully saturated rings. The Morgan fingerprint density at radius 2 is 1.78 bits per heavy atom. The summed E-state index contributed by atoms with van der Waals surface area (Å²) in [5, 5.41) is 18.4. The molecule has 0 radical (unpaired) electrons. The molecule has 1 aliphatic heterocycles. The van der Waals surface area contributed by atoms with Crippen LogP contribution >= 0.6 is 0 Å². The Morgan fingerprint density at radius 3 is 2.41 bits per heavy atom. The summed E-state index contributed by atoms with van der Waals surface area (Å²) >= 11 is 0. The van der Waals surface area contributed by atoms with Crippen LogP contribution in [0.5, 0.6) is 11.5 Å². The second kappa shape index (κ2) is 7.58. The minimum Gasteiger partial charge on any atom is -0.457 e. The highest BCUT2D eigenvalue weighted by molar-refractivity contribution is 5.81. The average molecular weight is 381 g/mol. The fraction of sp³-hybridized carbons (Fsp3) is 0.316. The lowest BCUT2D eigenvalue weighted by Crippen LogP contribution is -2.43. The molecule has 0 bridgehead atoms. The lowest BCUT2D eigenvalue weighted by molar-refractivity contribution is -0.143. The van der Waals surface area contributed by atoms with Gasteiger partial charge in [0, 0.05) is 13.1 Å². The minimum atomic E-state index is -4.40. The molecule has 1 atom stereocenters. The van der Waals surface area contributed by atoms with Gasteiger partial charge in [-0.2, -0.15) is 13.2 Å². The predicted octanol–water partition coefficient (Wildman–Crippen LogP) is 2.74. The van der Waals surface area contributed by atoms with Crippen LogP contribution in [-0.2, 0) is 23.9 Å². The van der Waals surface area contributed by atoms with E-state index >= 15 is 0 Å². The number of hydrogen-bond donors (Lipinski definition) is 2. The van der Waals surface area contributed by atoms with Crippen LogP contribution in [0.3, 0.4) is 0 Å². The second-order valence-corrected chi connectivity index (χ2v) is 6.26. The van der Waals surface area contributed by atoms with Gasteiger partial charge in [0.05, 0.1) is 12.2 Å². The molecule has 3 rings (SSSR count). The summed E-state index contributed by atoms with van der Waals surface area (Å²) in [6, 6.07) is 9.67. The van der Waals surface area contributed by atoms with E-state index in [2.05, 4.69) is 0 Å². The molecule has 2 N–H and O–H groups in total. The summed E-state index contributed by atoms with van der Waals surface area (Å²) in [6.45, 7) is 0.0523. The fourth-order valence-electron chi connectivity index (χ4n) is 2.92. The number of carbonyl (C=O) groups is 1. The van der Waals surface area contributed by atoms with Crippen molar-refractivity contribution < 1.29 is 32.9 Å². The molecule has 8 heteroatoms. The van der Waals surface area contributed by atoms with E-state index in [0.717, 1.165) is 23.3 Å². The standard InChI is InChI=1S/C19H18F3NO4/c20-19(21,22)14-2-5-15(6-3-14)27-16-4-1-12-7-8-23(10-13(12)9-16)18(26)17(25)11-24/h1-6,9,17,24-25H,7-8,10-11H2. The number of fused-ring (bicyclic) bond motifs is 1. The number of hydrogen-bond acceptors (Lipinski definition) is 4. The number of amides is 1. The van der Waals surface area contributed by atoms with Gasteiger partial charge in [-0.05, 0) is 53.9 Å². The molecular formula is C19H18F3NO4. The highest BCUT2D eigenvalue weighted by Gasteiger charge is 2.30. The number of carbonyl (C=O) groups excluding carboxylic acids is 1. The molecular weight excluding hydrogens is 363 g/mol. The van der Waals surface area contributed by atoms with E-state index in [0.29, 0.717) is 18.7 Å². The molecule has 0 spiro atoms. The average Bonchev–Trinajstić information content (AvgIpc) is 2.66. The minimum absolute atomic E-state index is 0.259. The SMILES string of the molecule is O=C(C(O)CO)N1CCc2ccc(Oc3ccc(C(F)(F)F)cc3)cc2C1. The zero-order valence-electron chi connectivity index (χ0n) is 14.2. The van der Waals surface area contributed by atoms with Gasteiger partial charge in [0.25, 0.3) is 5.91 Å². The number of benzene rings is 2. The third-order valence-corrected chi connectivity index (χ3v) is 4.38. The van der Waals surface area contributed by atoms with E-state index < -0.39 is 30.4 Å². The third-order valence-electron chi connectivity index (χ3n) is 4.38. The maximum atomic E-state index is 12.6. The molecule has 0 saturated carbocycles. The number of ether oxygens (including phenoxy) is 1. The summed E-state index contributed by atoms with van der Waals surface area (Å²) in [4.78, 5) is 13.5. The van der Waals surface area contributed by atoms with Gasteiger partial charge in [-0.15, -0.1) is 0 Å². The van der Waals surface area contributed by atoms with Crippen molar-refractivity contribution in [2.45, 2.75) is 25.2 Å². The molecule has 0 saturated heterocycles. The molecule has 0 aromatic heterocycles. The fourth-order valence-corrected chi connectivity index (χ4v) is 2.92. The first-order valence-electron chi connectivity index (χ1n) is 8.32. The molecule has 27 heavy (non-hydrogen) atoms. The number of nitrogens with zero attached hydrogens (tertiary/aromatic N) is 1. The molecule has 1 aliphatic rings. The number of alkyl halides is 3. The molecule has 144 valence electrons. The first-order chi connectivity index (χ1) is 12.8. The number of rotatable bonds is 4. The quantitative estimate of drug-likeness (QED) is 0.855. The van der Waals surface area contributed by atoms with E-state index in [1.54, 1.807) is 12.1 Å². The van der Waals surface area contributed by atoms with Gasteiger partial charge in [-0.25, -0.2) is 0 Å². The molecule has 2 aromatic carbocycles. The lowest BCUT2D eigenvalue weighted by Gasteiger charge is -2.30. The topological polar surface area (TPSA) is 70.0 Å². The van der Waals surface area contributed by atoms with Crippen molar-refractivity contribution in [1.29, 1.82) is 0 Å². The van der Waals surface area contributed by atoms with E-state index in [-0.39, 0.29) is 12.3 Å². The number of aliphatic hydroxyl groups is 2. The Balaban J connectivity index is 1.73. The smallest absolute Gasteiger partial charge is 0.416 e. The predicted molar refractivity (Wildman–Crippen MR) is 90.2 cm³/mol. The van der Waals surface area contributed by atoms with Crippen molar-refractivity contribution in [2.24, 2.45) is 0 Å². The number of halogens is 3. The van der Waals surface area contributed by atoms with Crippen LogP contribution in [0.25, 0.3) is 0 Å². The van der Waals surface area contributed by atoms with E-state index in [4.69, 9.17) is 9.84 Å². The largest absolute Gasteiger partial charge is 0.457 e. The van der Waals surface area contributed by atoms with Gasteiger partial charge < -0.3 is 19.8 Å². The van der Waals surface area contributed by atoms with Crippen LogP contribution in [0, 0.1) is 0 Å². The highest BCUT2D eigenvalue weighted by atomic mass is 19.4. The van der Waals surface area contributed by atoms with Crippen LogP contribution < -0.4 is 4.74 Å². The first-order valence-corrected chi connectivity index (χ1v) is 8.32. The Labute approximate surface area is 153 Å². The molecule has 1 amide bonds. The summed E-state index contributed by atoms with van der Waals surface area (Å²) in [7, 11) is 0. The Hall–Kier alpha value is -2.58. The third kappa shape index (κ3) is 4.40. The molecule has 2 aromatic rings. The maximum Gasteiger partial charge on any atom is 0.416 e. The normalized spacial score (nSPS) is 15.2. The molecule has 1 heterocycles.